The second-order valence-electron chi connectivity index (χ2n) is 4.76. The van der Waals surface area contributed by atoms with Crippen LogP contribution in [0.15, 0.2) is 42.5 Å². The molecule has 1 aromatic heterocycles. The van der Waals surface area contributed by atoms with Crippen LogP contribution in [0.3, 0.4) is 0 Å². The van der Waals surface area contributed by atoms with Gasteiger partial charge in [-0.2, -0.15) is 0 Å². The number of carbonyl (C=O) groups is 3. The van der Waals surface area contributed by atoms with Crippen LogP contribution >= 0.6 is 0 Å². The minimum atomic E-state index is -0.764. The van der Waals surface area contributed by atoms with E-state index < -0.39 is 17.8 Å². The van der Waals surface area contributed by atoms with Crippen LogP contribution in [0, 0.1) is 0 Å². The van der Waals surface area contributed by atoms with Gasteiger partial charge in [0.25, 0.3) is 11.8 Å². The normalized spacial score (nSPS) is 13.0. The smallest absolute Gasteiger partial charge is 0.339 e. The fourth-order valence-corrected chi connectivity index (χ4v) is 2.20. The lowest BCUT2D eigenvalue weighted by atomic mass is 10.1. The summed E-state index contributed by atoms with van der Waals surface area (Å²) in [4.78, 5) is 45.1. The van der Waals surface area contributed by atoms with Crippen molar-refractivity contribution in [2.75, 3.05) is 7.11 Å². The second kappa shape index (κ2) is 5.88. The number of ether oxygens (including phenoxy) is 1. The maximum Gasteiger partial charge on any atom is 0.339 e. The Bertz CT molecular complexity index is 768. The number of amides is 2. The van der Waals surface area contributed by atoms with E-state index in [0.717, 1.165) is 0 Å². The van der Waals surface area contributed by atoms with Gasteiger partial charge in [-0.3, -0.25) is 9.59 Å². The summed E-state index contributed by atoms with van der Waals surface area (Å²) in [5, 5.41) is 0.479. The van der Waals surface area contributed by atoms with Gasteiger partial charge in [-0.25, -0.2) is 9.78 Å². The lowest BCUT2D eigenvalue weighted by Crippen LogP contribution is -2.33. The molecule has 0 N–H and O–H groups in total. The number of methoxy groups -OCH3 is 1. The molecule has 3 rings (SSSR count). The van der Waals surface area contributed by atoms with E-state index >= 15 is 0 Å². The number of hydrogen-bond acceptors (Lipinski definition) is 6. The first-order valence-corrected chi connectivity index (χ1v) is 6.78. The Morgan fingerprint density at radius 1 is 1.04 bits per heavy atom. The summed E-state index contributed by atoms with van der Waals surface area (Å²) in [6.07, 6.45) is -0.190. The van der Waals surface area contributed by atoms with Crippen LogP contribution in [0.5, 0.6) is 5.88 Å². The number of carbonyl (C=O) groups excluding carboxylic acids is 3. The Morgan fingerprint density at radius 3 is 2.30 bits per heavy atom. The maximum absolute atomic E-state index is 12.1. The van der Waals surface area contributed by atoms with E-state index in [2.05, 4.69) is 4.98 Å². The van der Waals surface area contributed by atoms with Crippen molar-refractivity contribution < 1.29 is 24.0 Å². The van der Waals surface area contributed by atoms with Gasteiger partial charge in [-0.05, 0) is 18.2 Å². The van der Waals surface area contributed by atoms with Crippen molar-refractivity contribution in [1.82, 2.24) is 10.0 Å². The minimum absolute atomic E-state index is 0.190. The molecule has 0 atom stereocenters. The van der Waals surface area contributed by atoms with Gasteiger partial charge < -0.3 is 9.57 Å². The van der Waals surface area contributed by atoms with E-state index in [4.69, 9.17) is 9.57 Å². The van der Waals surface area contributed by atoms with Crippen molar-refractivity contribution in [3.8, 4) is 5.88 Å². The first kappa shape index (κ1) is 14.7. The maximum atomic E-state index is 12.1. The first-order valence-electron chi connectivity index (χ1n) is 6.78. The van der Waals surface area contributed by atoms with Gasteiger partial charge in [0.2, 0.25) is 5.88 Å². The van der Waals surface area contributed by atoms with Gasteiger partial charge >= 0.3 is 5.97 Å². The average molecular weight is 312 g/mol. The van der Waals surface area contributed by atoms with E-state index in [-0.39, 0.29) is 17.5 Å². The fraction of sp³-hybridized carbons (Fsp3) is 0.125. The summed E-state index contributed by atoms with van der Waals surface area (Å²) in [7, 11) is 1.46. The molecule has 2 aromatic rings. The third kappa shape index (κ3) is 2.76. The highest BCUT2D eigenvalue weighted by atomic mass is 16.7. The van der Waals surface area contributed by atoms with Crippen molar-refractivity contribution in [3.05, 3.63) is 59.3 Å². The zero-order valence-electron chi connectivity index (χ0n) is 12.2. The number of rotatable bonds is 4. The lowest BCUT2D eigenvalue weighted by molar-refractivity contribution is -0.167. The molecule has 116 valence electrons. The third-order valence-corrected chi connectivity index (χ3v) is 3.27. The molecule has 0 unspecified atom stereocenters. The molecule has 0 radical (unpaired) electrons. The lowest BCUT2D eigenvalue weighted by Gasteiger charge is -2.12. The average Bonchev–Trinajstić information content (AvgIpc) is 2.80. The zero-order valence-corrected chi connectivity index (χ0v) is 12.2. The number of aromatic nitrogens is 1. The summed E-state index contributed by atoms with van der Waals surface area (Å²) in [5.74, 6) is -1.72. The molecule has 0 bridgehead atoms. The SMILES string of the molecule is COc1cccc(CC(=O)ON2C(=O)c3ccccc3C2=O)n1. The molecular formula is C16H12N2O5. The largest absolute Gasteiger partial charge is 0.481 e. The van der Waals surface area contributed by atoms with Gasteiger partial charge in [-0.1, -0.05) is 23.3 Å². The van der Waals surface area contributed by atoms with Gasteiger partial charge in [0.15, 0.2) is 0 Å². The molecule has 23 heavy (non-hydrogen) atoms. The Hall–Kier alpha value is -3.22. The van der Waals surface area contributed by atoms with Crippen molar-refractivity contribution in [3.63, 3.8) is 0 Å². The number of benzene rings is 1. The first-order chi connectivity index (χ1) is 11.1. The highest BCUT2D eigenvalue weighted by molar-refractivity contribution is 6.20. The highest BCUT2D eigenvalue weighted by Crippen LogP contribution is 2.22. The summed E-state index contributed by atoms with van der Waals surface area (Å²) >= 11 is 0. The molecule has 0 saturated carbocycles. The van der Waals surface area contributed by atoms with Crippen LogP contribution in [0.25, 0.3) is 0 Å². The van der Waals surface area contributed by atoms with Crippen molar-refractivity contribution in [2.24, 2.45) is 0 Å². The molecule has 2 amide bonds. The Kier molecular flexibility index (Phi) is 3.76. The summed E-state index contributed by atoms with van der Waals surface area (Å²) in [5.41, 5.74) is 0.834. The molecule has 2 heterocycles. The number of hydrogen-bond donors (Lipinski definition) is 0. The zero-order chi connectivity index (χ0) is 16.4. The Balaban J connectivity index is 1.71. The van der Waals surface area contributed by atoms with Gasteiger partial charge in [0.05, 0.1) is 30.4 Å². The molecule has 1 aromatic carbocycles. The monoisotopic (exact) mass is 312 g/mol. The molecule has 0 spiro atoms. The number of hydroxylamine groups is 2. The molecule has 7 nitrogen and oxygen atoms in total. The number of imide groups is 1. The van der Waals surface area contributed by atoms with E-state index in [0.29, 0.717) is 16.6 Å². The van der Waals surface area contributed by atoms with Crippen molar-refractivity contribution in [2.45, 2.75) is 6.42 Å². The van der Waals surface area contributed by atoms with Gasteiger partial charge in [0.1, 0.15) is 0 Å². The van der Waals surface area contributed by atoms with Crippen LogP contribution in [0.4, 0.5) is 0 Å². The van der Waals surface area contributed by atoms with Crippen LogP contribution in [-0.4, -0.2) is 34.9 Å². The summed E-state index contributed by atoms with van der Waals surface area (Å²) < 4.78 is 4.96. The van der Waals surface area contributed by atoms with Gasteiger partial charge in [-0.15, -0.1) is 0 Å². The molecule has 1 aliphatic heterocycles. The van der Waals surface area contributed by atoms with Crippen LogP contribution in [-0.2, 0) is 16.1 Å². The van der Waals surface area contributed by atoms with E-state index in [1.54, 1.807) is 30.3 Å². The second-order valence-corrected chi connectivity index (χ2v) is 4.76. The van der Waals surface area contributed by atoms with Crippen LogP contribution < -0.4 is 4.74 Å². The number of nitrogens with zero attached hydrogens (tertiary/aromatic N) is 2. The minimum Gasteiger partial charge on any atom is -0.481 e. The molecular weight excluding hydrogens is 300 g/mol. The summed E-state index contributed by atoms with van der Waals surface area (Å²) in [6.45, 7) is 0. The van der Waals surface area contributed by atoms with E-state index in [1.165, 1.54) is 19.2 Å². The molecule has 0 aliphatic carbocycles. The predicted octanol–water partition coefficient (Wildman–Crippen LogP) is 1.39. The Morgan fingerprint density at radius 2 is 1.70 bits per heavy atom. The van der Waals surface area contributed by atoms with Crippen molar-refractivity contribution in [1.29, 1.82) is 0 Å². The quantitative estimate of drug-likeness (QED) is 0.793. The topological polar surface area (TPSA) is 85.8 Å². The van der Waals surface area contributed by atoms with Gasteiger partial charge in [0, 0.05) is 6.07 Å². The van der Waals surface area contributed by atoms with Crippen LogP contribution in [0.1, 0.15) is 26.4 Å². The molecule has 1 aliphatic rings. The van der Waals surface area contributed by atoms with Crippen molar-refractivity contribution >= 4 is 17.8 Å². The number of pyridine rings is 1. The standard InChI is InChI=1S/C16H12N2O5/c1-22-13-8-4-5-10(17-13)9-14(19)23-18-15(20)11-6-2-3-7-12(11)16(18)21/h2-8H,9H2,1H3. The Labute approximate surface area is 131 Å². The van der Waals surface area contributed by atoms with E-state index in [1.807, 2.05) is 0 Å². The highest BCUT2D eigenvalue weighted by Gasteiger charge is 2.38. The summed E-state index contributed by atoms with van der Waals surface area (Å²) in [6, 6.07) is 11.2. The predicted molar refractivity (Wildman–Crippen MR) is 77.5 cm³/mol. The fourth-order valence-electron chi connectivity index (χ4n) is 2.20. The van der Waals surface area contributed by atoms with Crippen LogP contribution in [0.2, 0.25) is 0 Å². The number of fused-ring (bicyclic) bond motifs is 1. The van der Waals surface area contributed by atoms with E-state index in [9.17, 15) is 14.4 Å². The third-order valence-electron chi connectivity index (χ3n) is 3.27. The molecule has 0 fully saturated rings. The molecule has 7 heteroatoms. The molecule has 0 saturated heterocycles.